The third-order valence-corrected chi connectivity index (χ3v) is 4.82. The molecule has 0 radical (unpaired) electrons. The van der Waals surface area contributed by atoms with Gasteiger partial charge in [-0.1, -0.05) is 48.5 Å². The van der Waals surface area contributed by atoms with Crippen LogP contribution in [0.2, 0.25) is 0 Å². The summed E-state index contributed by atoms with van der Waals surface area (Å²) >= 11 is 0. The molecular weight excluding hydrogens is 322 g/mol. The van der Waals surface area contributed by atoms with Gasteiger partial charge in [0.2, 0.25) is 0 Å². The Morgan fingerprint density at radius 3 is 2.33 bits per heavy atom. The summed E-state index contributed by atoms with van der Waals surface area (Å²) in [6.45, 7) is 0. The van der Waals surface area contributed by atoms with E-state index >= 15 is 0 Å². The number of rotatable bonds is 3. The highest BCUT2D eigenvalue weighted by molar-refractivity contribution is 7.93. The number of hydrogen-bond acceptors (Lipinski definition) is 3. The topological polar surface area (TPSA) is 64.0 Å². The Hall–Kier alpha value is -2.99. The highest BCUT2D eigenvalue weighted by Crippen LogP contribution is 2.27. The zero-order chi connectivity index (χ0) is 16.5. The predicted molar refractivity (Wildman–Crippen MR) is 93.7 cm³/mol. The van der Waals surface area contributed by atoms with E-state index in [2.05, 4.69) is 34.1 Å². The van der Waals surface area contributed by atoms with Gasteiger partial charge in [-0.25, -0.2) is 8.89 Å². The molecule has 0 fully saturated rings. The van der Waals surface area contributed by atoms with Crippen molar-refractivity contribution in [2.75, 3.05) is 0 Å². The van der Waals surface area contributed by atoms with Crippen molar-refractivity contribution in [3.63, 3.8) is 0 Å². The van der Waals surface area contributed by atoms with Crippen molar-refractivity contribution in [1.29, 1.82) is 0 Å². The van der Waals surface area contributed by atoms with Crippen molar-refractivity contribution in [1.82, 2.24) is 14.5 Å². The Kier molecular flexibility index (Phi) is 3.59. The van der Waals surface area contributed by atoms with Gasteiger partial charge in [-0.05, 0) is 22.8 Å². The van der Waals surface area contributed by atoms with E-state index in [4.69, 9.17) is 0 Å². The number of nitrogens with one attached hydrogen (secondary N) is 1. The molecule has 0 saturated heterocycles. The molecule has 24 heavy (non-hydrogen) atoms. The number of hydrogen-bond donors (Lipinski definition) is 1. The van der Waals surface area contributed by atoms with Crippen LogP contribution >= 0.6 is 0 Å². The van der Waals surface area contributed by atoms with E-state index in [0.717, 1.165) is 22.3 Å². The largest absolute Gasteiger partial charge is 0.269 e. The smallest absolute Gasteiger partial charge is 0.258 e. The number of amides is 1. The maximum absolute atomic E-state index is 11.8. The van der Waals surface area contributed by atoms with Gasteiger partial charge in [0.15, 0.2) is 16.0 Å². The van der Waals surface area contributed by atoms with Crippen LogP contribution in [-0.4, -0.2) is 19.9 Å². The fourth-order valence-electron chi connectivity index (χ4n) is 2.59. The van der Waals surface area contributed by atoms with E-state index in [-0.39, 0.29) is 5.91 Å². The molecule has 118 valence electrons. The number of benzene rings is 2. The van der Waals surface area contributed by atoms with Crippen molar-refractivity contribution in [3.05, 3.63) is 73.1 Å². The molecule has 1 atom stereocenters. The lowest BCUT2D eigenvalue weighted by molar-refractivity contribution is -0.114. The zero-order valence-corrected chi connectivity index (χ0v) is 13.4. The zero-order valence-electron chi connectivity index (χ0n) is 12.5. The highest BCUT2D eigenvalue weighted by Gasteiger charge is 2.22. The minimum absolute atomic E-state index is 0.338. The molecular formula is C18H13N3O2S. The van der Waals surface area contributed by atoms with Gasteiger partial charge in [0.05, 0.1) is 6.20 Å². The van der Waals surface area contributed by atoms with E-state index in [1.165, 1.54) is 10.8 Å². The summed E-state index contributed by atoms with van der Waals surface area (Å²) in [5.74, 6) is -0.369. The second kappa shape index (κ2) is 5.90. The predicted octanol–water partition coefficient (Wildman–Crippen LogP) is 2.81. The van der Waals surface area contributed by atoms with E-state index in [1.54, 1.807) is 12.4 Å². The molecule has 4 rings (SSSR count). The molecule has 0 spiro atoms. The summed E-state index contributed by atoms with van der Waals surface area (Å²) in [6.07, 6.45) is 4.77. The molecule has 2 heterocycles. The lowest BCUT2D eigenvalue weighted by Crippen LogP contribution is -2.17. The average Bonchev–Trinajstić information content (AvgIpc) is 3.22. The van der Waals surface area contributed by atoms with Crippen LogP contribution in [0.1, 0.15) is 0 Å². The molecule has 5 nitrogen and oxygen atoms in total. The molecule has 0 aliphatic carbocycles. The fraction of sp³-hybridized carbons (Fsp3) is 0. The Balaban J connectivity index is 1.70. The lowest BCUT2D eigenvalue weighted by atomic mass is 10.0. The molecule has 0 bridgehead atoms. The SMILES string of the molecule is O=C1C=C(n2cc(-c3cccc(-c4ccccc4)c3)cn2)S(=O)N1. The minimum Gasteiger partial charge on any atom is -0.269 e. The third kappa shape index (κ3) is 2.68. The molecule has 1 aromatic heterocycles. The molecule has 1 amide bonds. The summed E-state index contributed by atoms with van der Waals surface area (Å²) in [5, 5.41) is 4.56. The van der Waals surface area contributed by atoms with Crippen molar-refractivity contribution >= 4 is 21.9 Å². The lowest BCUT2D eigenvalue weighted by Gasteiger charge is -2.04. The Morgan fingerprint density at radius 1 is 0.917 bits per heavy atom. The van der Waals surface area contributed by atoms with Crippen molar-refractivity contribution in [3.8, 4) is 22.3 Å². The number of carbonyl (C=O) groups is 1. The van der Waals surface area contributed by atoms with Crippen molar-refractivity contribution < 1.29 is 9.00 Å². The summed E-state index contributed by atoms with van der Waals surface area (Å²) in [7, 11) is -1.56. The van der Waals surface area contributed by atoms with Gasteiger partial charge in [0, 0.05) is 17.8 Å². The molecule has 0 saturated carbocycles. The number of carbonyl (C=O) groups excluding carboxylic acids is 1. The number of nitrogens with zero attached hydrogens (tertiary/aromatic N) is 2. The van der Waals surface area contributed by atoms with E-state index in [9.17, 15) is 9.00 Å². The quantitative estimate of drug-likeness (QED) is 0.800. The van der Waals surface area contributed by atoms with Crippen LogP contribution in [0.5, 0.6) is 0 Å². The first kappa shape index (κ1) is 14.6. The summed E-state index contributed by atoms with van der Waals surface area (Å²) in [5.41, 5.74) is 4.15. The van der Waals surface area contributed by atoms with Crippen LogP contribution in [-0.2, 0) is 15.8 Å². The monoisotopic (exact) mass is 335 g/mol. The van der Waals surface area contributed by atoms with Crippen LogP contribution in [0.25, 0.3) is 27.3 Å². The second-order valence-electron chi connectivity index (χ2n) is 5.34. The van der Waals surface area contributed by atoms with Gasteiger partial charge < -0.3 is 0 Å². The first-order valence-corrected chi connectivity index (χ1v) is 8.51. The van der Waals surface area contributed by atoms with Gasteiger partial charge in [-0.2, -0.15) is 5.10 Å². The normalized spacial score (nSPS) is 16.8. The van der Waals surface area contributed by atoms with Crippen LogP contribution in [0.15, 0.2) is 73.1 Å². The van der Waals surface area contributed by atoms with Gasteiger partial charge in [0.1, 0.15) is 0 Å². The van der Waals surface area contributed by atoms with Gasteiger partial charge in [-0.15, -0.1) is 0 Å². The van der Waals surface area contributed by atoms with Crippen LogP contribution < -0.4 is 4.72 Å². The molecule has 1 N–H and O–H groups in total. The third-order valence-electron chi connectivity index (χ3n) is 3.75. The van der Waals surface area contributed by atoms with Crippen LogP contribution in [0, 0.1) is 0 Å². The highest BCUT2D eigenvalue weighted by atomic mass is 32.2. The first-order chi connectivity index (χ1) is 11.7. The molecule has 1 unspecified atom stereocenters. The Morgan fingerprint density at radius 2 is 1.62 bits per heavy atom. The van der Waals surface area contributed by atoms with Crippen molar-refractivity contribution in [2.24, 2.45) is 0 Å². The van der Waals surface area contributed by atoms with E-state index < -0.39 is 11.0 Å². The fourth-order valence-corrected chi connectivity index (χ4v) is 3.42. The first-order valence-electron chi connectivity index (χ1n) is 7.36. The van der Waals surface area contributed by atoms with E-state index in [1.807, 2.05) is 30.3 Å². The second-order valence-corrected chi connectivity index (χ2v) is 6.50. The van der Waals surface area contributed by atoms with Crippen LogP contribution in [0.4, 0.5) is 0 Å². The summed E-state index contributed by atoms with van der Waals surface area (Å²) < 4.78 is 15.6. The average molecular weight is 335 g/mol. The van der Waals surface area contributed by atoms with Gasteiger partial charge in [-0.3, -0.25) is 9.52 Å². The standard InChI is InChI=1S/C18H13N3O2S/c22-17-10-18(24(23)20-17)21-12-16(11-19-21)15-8-4-7-14(9-15)13-5-2-1-3-6-13/h1-12H,(H,20,22). The maximum atomic E-state index is 11.8. The molecule has 1 aliphatic heterocycles. The Bertz CT molecular complexity index is 977. The molecule has 1 aliphatic rings. The summed E-state index contributed by atoms with van der Waals surface area (Å²) in [6, 6.07) is 18.3. The molecule has 2 aromatic carbocycles. The van der Waals surface area contributed by atoms with Crippen LogP contribution in [0.3, 0.4) is 0 Å². The number of aromatic nitrogens is 2. The Labute approximate surface area is 141 Å². The summed E-state index contributed by atoms with van der Waals surface area (Å²) in [4.78, 5) is 11.3. The van der Waals surface area contributed by atoms with Gasteiger partial charge in [0.25, 0.3) is 5.91 Å². The molecule has 6 heteroatoms. The van der Waals surface area contributed by atoms with Crippen molar-refractivity contribution in [2.45, 2.75) is 0 Å². The molecule has 3 aromatic rings. The van der Waals surface area contributed by atoms with E-state index in [0.29, 0.717) is 5.03 Å². The minimum atomic E-state index is -1.56. The van der Waals surface area contributed by atoms with Gasteiger partial charge >= 0.3 is 0 Å². The maximum Gasteiger partial charge on any atom is 0.258 e.